The molecule has 1 aliphatic heterocycles. The molecule has 0 saturated carbocycles. The second-order valence-electron chi connectivity index (χ2n) is 3.22. The Labute approximate surface area is 82.7 Å². The number of hydrogen-bond acceptors (Lipinski definition) is 4. The molecule has 1 fully saturated rings. The summed E-state index contributed by atoms with van der Waals surface area (Å²) in [5.41, 5.74) is 11.9. The molecule has 13 heavy (non-hydrogen) atoms. The van der Waals surface area contributed by atoms with Crippen LogP contribution in [0.15, 0.2) is 0 Å². The fourth-order valence-electron chi connectivity index (χ4n) is 1.35. The Kier molecular flexibility index (Phi) is 9.92. The Hall–Kier alpha value is -0.0951. The maximum Gasteiger partial charge on any atom is 0.0113 e. The molecule has 0 aliphatic carbocycles. The van der Waals surface area contributed by atoms with Gasteiger partial charge in [-0.25, -0.2) is 10.9 Å². The summed E-state index contributed by atoms with van der Waals surface area (Å²) in [6, 6.07) is 0. The maximum absolute atomic E-state index is 3.08. The summed E-state index contributed by atoms with van der Waals surface area (Å²) in [4.78, 5) is 0. The monoisotopic (exact) mass is 183 g/mol. The van der Waals surface area contributed by atoms with Crippen LogP contribution in [0, 0.1) is 0 Å². The summed E-state index contributed by atoms with van der Waals surface area (Å²) >= 11 is 0. The fraction of sp³-hybridized carbons (Fsp3) is 1.00. The lowest BCUT2D eigenvalue weighted by molar-refractivity contribution is 0.354. The van der Waals surface area contributed by atoms with Crippen LogP contribution in [-0.4, -0.2) is 21.5 Å². The van der Waals surface area contributed by atoms with E-state index in [9.17, 15) is 0 Å². The number of hydrogen-bond donors (Lipinski definition) is 4. The van der Waals surface area contributed by atoms with E-state index in [0.717, 1.165) is 13.1 Å². The molecule has 1 saturated heterocycles. The molecule has 0 spiro atoms. The van der Waals surface area contributed by atoms with Crippen LogP contribution in [0.4, 0.5) is 0 Å². The Bertz CT molecular complexity index is 59.1. The van der Waals surface area contributed by atoms with Gasteiger partial charge in [0.15, 0.2) is 0 Å². The van der Waals surface area contributed by atoms with E-state index in [-0.39, 0.29) is 8.41 Å². The van der Waals surface area contributed by atoms with Crippen molar-refractivity contribution in [2.24, 2.45) is 0 Å². The van der Waals surface area contributed by atoms with E-state index in [0.29, 0.717) is 0 Å². The van der Waals surface area contributed by atoms with E-state index in [1.807, 2.05) is 0 Å². The third kappa shape index (κ3) is 8.24. The van der Waals surface area contributed by atoms with Gasteiger partial charge in [0.2, 0.25) is 0 Å². The van der Waals surface area contributed by atoms with Crippen LogP contribution in [0.5, 0.6) is 0 Å². The molecule has 0 aromatic heterocycles. The average Bonchev–Trinajstić information content (AvgIpc) is 2.05. The summed E-state index contributed by atoms with van der Waals surface area (Å²) in [7, 11) is 0. The molecule has 4 nitrogen and oxygen atoms in total. The lowest BCUT2D eigenvalue weighted by Crippen LogP contribution is -2.51. The first-order valence-corrected chi connectivity index (χ1v) is 4.96. The Morgan fingerprint density at radius 3 is 1.38 bits per heavy atom. The highest BCUT2D eigenvalue weighted by molar-refractivity contribution is 5.75. The van der Waals surface area contributed by atoms with Gasteiger partial charge in [-0.2, -0.15) is 11.1 Å². The van der Waals surface area contributed by atoms with Crippen molar-refractivity contribution in [3.8, 4) is 0 Å². The lowest BCUT2D eigenvalue weighted by atomic mass is 10.1. The highest BCUT2D eigenvalue weighted by atomic mass is 15.7. The third-order valence-corrected chi connectivity index (χ3v) is 2.09. The summed E-state index contributed by atoms with van der Waals surface area (Å²) in [6.45, 7) is 2.07. The highest BCUT2D eigenvalue weighted by Crippen LogP contribution is 2.04. The van der Waals surface area contributed by atoms with Crippen LogP contribution in [0.3, 0.4) is 0 Å². The quantitative estimate of drug-likeness (QED) is 0.401. The van der Waals surface area contributed by atoms with E-state index in [4.69, 9.17) is 0 Å². The maximum atomic E-state index is 3.08. The standard InChI is InChI=1S/C8H20N4.B/c1-2-4-6-8-10-12-11-9-7-5-3-1;/h9-12H,1-8H2;. The van der Waals surface area contributed by atoms with Crippen molar-refractivity contribution in [2.45, 2.75) is 38.5 Å². The smallest absolute Gasteiger partial charge is 0.0113 e. The van der Waals surface area contributed by atoms with Gasteiger partial charge < -0.3 is 0 Å². The van der Waals surface area contributed by atoms with E-state index in [1.165, 1.54) is 38.5 Å². The first-order chi connectivity index (χ1) is 6.00. The largest absolute Gasteiger partial charge is 0.243 e. The van der Waals surface area contributed by atoms with Crippen molar-refractivity contribution in [3.63, 3.8) is 0 Å². The SMILES string of the molecule is C1CCCCNNNNCCC1.[B]. The van der Waals surface area contributed by atoms with Crippen molar-refractivity contribution in [3.05, 3.63) is 0 Å². The molecule has 0 unspecified atom stereocenters. The van der Waals surface area contributed by atoms with Crippen LogP contribution in [0.25, 0.3) is 0 Å². The molecule has 1 rings (SSSR count). The molecule has 1 aliphatic rings. The molecule has 0 amide bonds. The number of rotatable bonds is 0. The first-order valence-electron chi connectivity index (χ1n) is 4.96. The van der Waals surface area contributed by atoms with Crippen LogP contribution < -0.4 is 21.9 Å². The van der Waals surface area contributed by atoms with Gasteiger partial charge in [0, 0.05) is 21.5 Å². The normalized spacial score (nSPS) is 22.2. The molecule has 4 N–H and O–H groups in total. The fourth-order valence-corrected chi connectivity index (χ4v) is 1.35. The molecule has 0 atom stereocenters. The van der Waals surface area contributed by atoms with E-state index < -0.39 is 0 Å². The Morgan fingerprint density at radius 2 is 0.923 bits per heavy atom. The summed E-state index contributed by atoms with van der Waals surface area (Å²) < 4.78 is 0. The summed E-state index contributed by atoms with van der Waals surface area (Å²) in [6.07, 6.45) is 7.98. The number of nitrogens with one attached hydrogen (secondary N) is 4. The third-order valence-electron chi connectivity index (χ3n) is 2.09. The highest BCUT2D eigenvalue weighted by Gasteiger charge is 1.93. The van der Waals surface area contributed by atoms with Gasteiger partial charge in [0.1, 0.15) is 0 Å². The zero-order valence-corrected chi connectivity index (χ0v) is 8.23. The molecular weight excluding hydrogens is 163 g/mol. The second kappa shape index (κ2) is 9.99. The van der Waals surface area contributed by atoms with Gasteiger partial charge >= 0.3 is 0 Å². The van der Waals surface area contributed by atoms with Crippen LogP contribution in [0.1, 0.15) is 38.5 Å². The predicted octanol–water partition coefficient (Wildman–Crippen LogP) is 0.0632. The molecule has 75 valence electrons. The summed E-state index contributed by atoms with van der Waals surface area (Å²) in [5.74, 6) is 0. The van der Waals surface area contributed by atoms with Crippen molar-refractivity contribution >= 4 is 8.41 Å². The minimum absolute atomic E-state index is 0. The molecule has 5 heteroatoms. The molecule has 3 radical (unpaired) electrons. The zero-order valence-electron chi connectivity index (χ0n) is 8.23. The minimum atomic E-state index is 0. The molecule has 1 heterocycles. The van der Waals surface area contributed by atoms with E-state index in [1.54, 1.807) is 0 Å². The first kappa shape index (κ1) is 12.9. The van der Waals surface area contributed by atoms with Crippen molar-refractivity contribution in [1.82, 2.24) is 21.9 Å². The Balaban J connectivity index is 0.00000144. The Morgan fingerprint density at radius 1 is 0.538 bits per heavy atom. The van der Waals surface area contributed by atoms with Crippen LogP contribution >= 0.6 is 0 Å². The zero-order chi connectivity index (χ0) is 8.49. The van der Waals surface area contributed by atoms with Gasteiger partial charge in [-0.1, -0.05) is 25.7 Å². The van der Waals surface area contributed by atoms with Gasteiger partial charge in [-0.05, 0) is 12.8 Å². The lowest BCUT2D eigenvalue weighted by Gasteiger charge is -2.11. The van der Waals surface area contributed by atoms with Gasteiger partial charge in [-0.15, -0.1) is 0 Å². The van der Waals surface area contributed by atoms with E-state index in [2.05, 4.69) is 21.9 Å². The number of hydrazine groups is 3. The van der Waals surface area contributed by atoms with Crippen LogP contribution in [0.2, 0.25) is 0 Å². The van der Waals surface area contributed by atoms with E-state index >= 15 is 0 Å². The van der Waals surface area contributed by atoms with Crippen molar-refractivity contribution in [2.75, 3.05) is 13.1 Å². The van der Waals surface area contributed by atoms with Crippen molar-refractivity contribution in [1.29, 1.82) is 0 Å². The topological polar surface area (TPSA) is 48.1 Å². The second-order valence-corrected chi connectivity index (χ2v) is 3.22. The van der Waals surface area contributed by atoms with Gasteiger partial charge in [-0.3, -0.25) is 0 Å². The predicted molar refractivity (Wildman–Crippen MR) is 55.7 cm³/mol. The van der Waals surface area contributed by atoms with Crippen molar-refractivity contribution < 1.29 is 0 Å². The summed E-state index contributed by atoms with van der Waals surface area (Å²) in [5, 5.41) is 0. The molecular formula is C8H20BN4. The average molecular weight is 183 g/mol. The minimum Gasteiger partial charge on any atom is -0.243 e. The molecule has 0 aromatic rings. The van der Waals surface area contributed by atoms with Gasteiger partial charge in [0.25, 0.3) is 0 Å². The molecule has 0 bridgehead atoms. The van der Waals surface area contributed by atoms with Crippen LogP contribution in [-0.2, 0) is 0 Å². The molecule has 0 aromatic carbocycles. The van der Waals surface area contributed by atoms with Gasteiger partial charge in [0.05, 0.1) is 0 Å².